The van der Waals surface area contributed by atoms with Gasteiger partial charge in [-0.2, -0.15) is 9.86 Å². The lowest BCUT2D eigenvalue weighted by Gasteiger charge is -2.25. The molecule has 0 saturated heterocycles. The molecule has 0 amide bonds. The molecule has 5 rings (SSSR count). The Morgan fingerprint density at radius 3 is 2.74 bits per heavy atom. The number of hydrogen-bond acceptors (Lipinski definition) is 7. The first kappa shape index (κ1) is 23.7. The Bertz CT molecular complexity index is 1580. The predicted octanol–water partition coefficient (Wildman–Crippen LogP) is 5.13. The number of thiophene rings is 1. The second-order valence-electron chi connectivity index (χ2n) is 7.94. The van der Waals surface area contributed by atoms with Gasteiger partial charge in [0.2, 0.25) is 0 Å². The van der Waals surface area contributed by atoms with Gasteiger partial charge in [-0.1, -0.05) is 45.8 Å². The Kier molecular flexibility index (Phi) is 6.23. The fraction of sp³-hybridized carbons (Fsp3) is 0.125. The first-order chi connectivity index (χ1) is 16.8. The number of aromatic nitrogens is 2. The van der Waals surface area contributed by atoms with Crippen LogP contribution in [-0.2, 0) is 15.6 Å². The molecule has 4 aromatic rings. The smallest absolute Gasteiger partial charge is 0.348 e. The second kappa shape index (κ2) is 9.20. The maximum Gasteiger partial charge on any atom is 0.348 e. The summed E-state index contributed by atoms with van der Waals surface area (Å²) in [4.78, 5) is 14.3. The van der Waals surface area contributed by atoms with Crippen molar-refractivity contribution in [3.63, 3.8) is 0 Å². The zero-order valence-corrected chi connectivity index (χ0v) is 22.0. The molecule has 1 aliphatic heterocycles. The van der Waals surface area contributed by atoms with E-state index in [9.17, 15) is 14.5 Å². The van der Waals surface area contributed by atoms with E-state index in [1.807, 2.05) is 48.7 Å². The number of aryl methyl sites for hydroxylation is 1. The first-order valence-electron chi connectivity index (χ1n) is 10.6. The normalized spacial score (nSPS) is 16.9. The number of rotatable bonds is 5. The molecule has 0 aliphatic carbocycles. The summed E-state index contributed by atoms with van der Waals surface area (Å²) in [7, 11) is -2.38. The van der Waals surface area contributed by atoms with Gasteiger partial charge in [0.25, 0.3) is 5.56 Å². The van der Waals surface area contributed by atoms with Crippen molar-refractivity contribution in [1.82, 2.24) is 9.78 Å². The maximum absolute atomic E-state index is 13.7. The Hall–Kier alpha value is -3.04. The van der Waals surface area contributed by atoms with Crippen molar-refractivity contribution in [1.29, 1.82) is 0 Å². The number of benzene rings is 2. The summed E-state index contributed by atoms with van der Waals surface area (Å²) >= 11 is 4.83. The monoisotopic (exact) mass is 570 g/mol. The molecule has 2 aromatic heterocycles. The van der Waals surface area contributed by atoms with Crippen molar-refractivity contribution in [2.45, 2.75) is 13.5 Å². The number of hydrogen-bond donors (Lipinski definition) is 2. The van der Waals surface area contributed by atoms with Crippen LogP contribution in [0.2, 0.25) is 0 Å². The Morgan fingerprint density at radius 1 is 1.20 bits per heavy atom. The van der Waals surface area contributed by atoms with Crippen LogP contribution in [0, 0.1) is 6.92 Å². The number of halogens is 1. The molecule has 1 aliphatic rings. The molecule has 1 unspecified atom stereocenters. The Balaban J connectivity index is 1.73. The van der Waals surface area contributed by atoms with Gasteiger partial charge in [-0.05, 0) is 48.2 Å². The fourth-order valence-electron chi connectivity index (χ4n) is 3.84. The van der Waals surface area contributed by atoms with Crippen LogP contribution in [0.15, 0.2) is 74.0 Å². The minimum Gasteiger partial charge on any atom is -0.505 e. The van der Waals surface area contributed by atoms with Gasteiger partial charge in [-0.3, -0.25) is 9.36 Å². The lowest BCUT2D eigenvalue weighted by atomic mass is 10.1. The van der Waals surface area contributed by atoms with E-state index in [0.29, 0.717) is 15.9 Å². The van der Waals surface area contributed by atoms with Crippen LogP contribution in [0.1, 0.15) is 16.7 Å². The summed E-state index contributed by atoms with van der Waals surface area (Å²) in [5, 5.41) is 21.0. The third-order valence-electron chi connectivity index (χ3n) is 5.53. The molecule has 8 nitrogen and oxygen atoms in total. The van der Waals surface area contributed by atoms with Gasteiger partial charge in [0.15, 0.2) is 11.6 Å². The van der Waals surface area contributed by atoms with Crippen molar-refractivity contribution in [2.75, 3.05) is 12.4 Å². The molecule has 11 heteroatoms. The average Bonchev–Trinajstić information content (AvgIpc) is 3.36. The van der Waals surface area contributed by atoms with Gasteiger partial charge in [-0.25, -0.2) is 4.68 Å². The van der Waals surface area contributed by atoms with Crippen LogP contribution in [0.25, 0.3) is 10.6 Å². The molecule has 0 radical (unpaired) electrons. The molecule has 0 bridgehead atoms. The fourth-order valence-corrected chi connectivity index (χ4v) is 6.60. The zero-order valence-electron chi connectivity index (χ0n) is 18.7. The van der Waals surface area contributed by atoms with Crippen molar-refractivity contribution < 1.29 is 14.2 Å². The molecule has 0 fully saturated rings. The standard InChI is InChI=1S/C24H20BrN4O4PS/c1-14-8-9-17-18(11-14)34(32,33-2)28-23(26-17)20-22(30)21(19-7-4-10-35-19)27-29(24(20)31)13-15-5-3-6-16(25)12-15/h3-12,30H,13H2,1-2H3,(H,26,28,32). The Labute approximate surface area is 213 Å². The van der Waals surface area contributed by atoms with E-state index in [1.54, 1.807) is 18.2 Å². The zero-order chi connectivity index (χ0) is 24.7. The number of fused-ring (bicyclic) bond motifs is 1. The van der Waals surface area contributed by atoms with E-state index < -0.39 is 13.1 Å². The lowest BCUT2D eigenvalue weighted by molar-refractivity contribution is 0.404. The molecular weight excluding hydrogens is 551 g/mol. The highest BCUT2D eigenvalue weighted by molar-refractivity contribution is 9.10. The van der Waals surface area contributed by atoms with Crippen LogP contribution >= 0.6 is 34.8 Å². The maximum atomic E-state index is 13.7. The SMILES string of the molecule is COP1(=O)N=C(c2c(O)c(-c3cccs3)nn(Cc3cccc(Br)c3)c2=O)Nc2ccc(C)cc21. The third-order valence-corrected chi connectivity index (χ3v) is 8.84. The van der Waals surface area contributed by atoms with Crippen LogP contribution in [-0.4, -0.2) is 27.8 Å². The van der Waals surface area contributed by atoms with Gasteiger partial charge >= 0.3 is 7.52 Å². The quantitative estimate of drug-likeness (QED) is 0.322. The van der Waals surface area contributed by atoms with Crippen molar-refractivity contribution >= 4 is 51.6 Å². The molecule has 0 spiro atoms. The largest absolute Gasteiger partial charge is 0.505 e. The van der Waals surface area contributed by atoms with Gasteiger partial charge in [0.05, 0.1) is 22.4 Å². The van der Waals surface area contributed by atoms with E-state index in [4.69, 9.17) is 4.52 Å². The highest BCUT2D eigenvalue weighted by Crippen LogP contribution is 2.51. The van der Waals surface area contributed by atoms with Crippen molar-refractivity contribution in [3.05, 3.63) is 91.5 Å². The predicted molar refractivity (Wildman–Crippen MR) is 142 cm³/mol. The summed E-state index contributed by atoms with van der Waals surface area (Å²) in [6, 6.07) is 16.5. The molecular formula is C24H20BrN4O4PS. The van der Waals surface area contributed by atoms with Crippen LogP contribution in [0.4, 0.5) is 5.69 Å². The van der Waals surface area contributed by atoms with E-state index >= 15 is 0 Å². The van der Waals surface area contributed by atoms with E-state index in [2.05, 4.69) is 31.1 Å². The van der Waals surface area contributed by atoms with Crippen molar-refractivity contribution in [3.8, 4) is 16.3 Å². The van der Waals surface area contributed by atoms with Crippen LogP contribution in [0.3, 0.4) is 0 Å². The summed E-state index contributed by atoms with van der Waals surface area (Å²) in [6.45, 7) is 2.04. The molecule has 178 valence electrons. The number of anilines is 1. The highest BCUT2D eigenvalue weighted by atomic mass is 79.9. The van der Waals surface area contributed by atoms with Gasteiger partial charge < -0.3 is 14.9 Å². The molecule has 2 aromatic carbocycles. The van der Waals surface area contributed by atoms with Crippen LogP contribution < -0.4 is 16.2 Å². The molecule has 0 saturated carbocycles. The average molecular weight is 571 g/mol. The van der Waals surface area contributed by atoms with Gasteiger partial charge in [-0.15, -0.1) is 11.3 Å². The van der Waals surface area contributed by atoms with E-state index in [0.717, 1.165) is 15.6 Å². The summed E-state index contributed by atoms with van der Waals surface area (Å²) in [5.41, 5.74) is 1.76. The number of nitrogens with zero attached hydrogens (tertiary/aromatic N) is 3. The number of nitrogens with one attached hydrogen (secondary N) is 1. The molecule has 3 heterocycles. The van der Waals surface area contributed by atoms with Gasteiger partial charge in [0.1, 0.15) is 11.3 Å². The molecule has 2 N–H and O–H groups in total. The first-order valence-corrected chi connectivity index (χ1v) is 13.8. The second-order valence-corrected chi connectivity index (χ2v) is 11.9. The summed E-state index contributed by atoms with van der Waals surface area (Å²) in [6.07, 6.45) is 0. The molecule has 1 atom stereocenters. The van der Waals surface area contributed by atoms with Crippen molar-refractivity contribution in [2.24, 2.45) is 4.76 Å². The highest BCUT2D eigenvalue weighted by Gasteiger charge is 2.35. The summed E-state index contributed by atoms with van der Waals surface area (Å²) < 4.78 is 25.5. The van der Waals surface area contributed by atoms with E-state index in [1.165, 1.54) is 23.1 Å². The minimum atomic E-state index is -3.69. The molecule has 35 heavy (non-hydrogen) atoms. The third kappa shape index (κ3) is 4.38. The summed E-state index contributed by atoms with van der Waals surface area (Å²) in [5.74, 6) is -0.371. The number of amidine groups is 1. The number of aromatic hydroxyl groups is 1. The van der Waals surface area contributed by atoms with Crippen LogP contribution in [0.5, 0.6) is 5.75 Å². The minimum absolute atomic E-state index is 0.0303. The van der Waals surface area contributed by atoms with E-state index in [-0.39, 0.29) is 29.4 Å². The lowest BCUT2D eigenvalue weighted by Crippen LogP contribution is -2.35. The Morgan fingerprint density at radius 2 is 2.03 bits per heavy atom. The van der Waals surface area contributed by atoms with Gasteiger partial charge in [0, 0.05) is 11.6 Å². The topological polar surface area (TPSA) is 106 Å².